The van der Waals surface area contributed by atoms with E-state index in [1.54, 1.807) is 11.8 Å². The maximum atomic E-state index is 11.9. The molecule has 1 aliphatic rings. The number of carboxylic acids is 1. The van der Waals surface area contributed by atoms with Gasteiger partial charge in [0.15, 0.2) is 0 Å². The minimum atomic E-state index is -0.953. The first kappa shape index (κ1) is 14.3. The van der Waals surface area contributed by atoms with E-state index in [1.165, 1.54) is 0 Å². The van der Waals surface area contributed by atoms with Gasteiger partial charge in [-0.1, -0.05) is 0 Å². The van der Waals surface area contributed by atoms with Gasteiger partial charge in [-0.25, -0.2) is 4.79 Å². The van der Waals surface area contributed by atoms with Gasteiger partial charge < -0.3 is 15.7 Å². The van der Waals surface area contributed by atoms with Crippen LogP contribution >= 0.6 is 11.8 Å². The quantitative estimate of drug-likeness (QED) is 0.640. The van der Waals surface area contributed by atoms with Crippen LogP contribution in [-0.2, 0) is 9.59 Å². The summed E-state index contributed by atoms with van der Waals surface area (Å²) in [7, 11) is 0. The SMILES string of the molecule is CSCCC(NC(=O)C1CCNC1C)C(=O)O. The molecule has 1 heterocycles. The van der Waals surface area contributed by atoms with Gasteiger partial charge >= 0.3 is 5.97 Å². The van der Waals surface area contributed by atoms with Crippen LogP contribution in [-0.4, -0.2) is 47.6 Å². The summed E-state index contributed by atoms with van der Waals surface area (Å²) in [6, 6.07) is -0.632. The summed E-state index contributed by atoms with van der Waals surface area (Å²) in [6.07, 6.45) is 3.17. The Labute approximate surface area is 106 Å². The number of carbonyl (C=O) groups excluding carboxylic acids is 1. The van der Waals surface area contributed by atoms with Crippen molar-refractivity contribution in [2.24, 2.45) is 5.92 Å². The molecule has 3 unspecified atom stereocenters. The van der Waals surface area contributed by atoms with Crippen molar-refractivity contribution >= 4 is 23.6 Å². The minimum Gasteiger partial charge on any atom is -0.480 e. The molecular weight excluding hydrogens is 240 g/mol. The van der Waals surface area contributed by atoms with E-state index in [2.05, 4.69) is 10.6 Å². The molecule has 0 bridgehead atoms. The standard InChI is InChI=1S/C11H20N2O3S/c1-7-8(3-5-12-7)10(14)13-9(11(15)16)4-6-17-2/h7-9,12H,3-6H2,1-2H3,(H,13,14)(H,15,16). The number of rotatable bonds is 6. The van der Waals surface area contributed by atoms with Gasteiger partial charge in [0.25, 0.3) is 0 Å². The van der Waals surface area contributed by atoms with E-state index in [-0.39, 0.29) is 17.9 Å². The van der Waals surface area contributed by atoms with Crippen molar-refractivity contribution in [2.75, 3.05) is 18.6 Å². The van der Waals surface area contributed by atoms with E-state index in [4.69, 9.17) is 5.11 Å². The fourth-order valence-corrected chi connectivity index (χ4v) is 2.46. The fourth-order valence-electron chi connectivity index (χ4n) is 1.99. The highest BCUT2D eigenvalue weighted by Gasteiger charge is 2.31. The molecule has 1 amide bonds. The lowest BCUT2D eigenvalue weighted by Gasteiger charge is -2.19. The minimum absolute atomic E-state index is 0.105. The summed E-state index contributed by atoms with van der Waals surface area (Å²) >= 11 is 1.58. The molecule has 1 aliphatic heterocycles. The van der Waals surface area contributed by atoms with E-state index in [1.807, 2.05) is 13.2 Å². The number of carbonyl (C=O) groups is 2. The van der Waals surface area contributed by atoms with Crippen LogP contribution in [0.4, 0.5) is 0 Å². The molecule has 0 aromatic rings. The third-order valence-corrected chi connectivity index (χ3v) is 3.73. The number of amides is 1. The van der Waals surface area contributed by atoms with Crippen LogP contribution in [0, 0.1) is 5.92 Å². The lowest BCUT2D eigenvalue weighted by Crippen LogP contribution is -2.46. The molecule has 1 saturated heterocycles. The molecule has 0 aromatic heterocycles. The first-order chi connectivity index (χ1) is 8.06. The van der Waals surface area contributed by atoms with E-state index in [0.29, 0.717) is 6.42 Å². The summed E-state index contributed by atoms with van der Waals surface area (Å²) in [6.45, 7) is 2.77. The maximum Gasteiger partial charge on any atom is 0.326 e. The number of carboxylic acid groups (broad SMARTS) is 1. The largest absolute Gasteiger partial charge is 0.480 e. The van der Waals surface area contributed by atoms with Gasteiger partial charge in [-0.3, -0.25) is 4.79 Å². The number of hydrogen-bond acceptors (Lipinski definition) is 4. The number of aliphatic carboxylic acids is 1. The highest BCUT2D eigenvalue weighted by atomic mass is 32.2. The Kier molecular flexibility index (Phi) is 5.77. The molecule has 0 aromatic carbocycles. The monoisotopic (exact) mass is 260 g/mol. The average molecular weight is 260 g/mol. The molecule has 17 heavy (non-hydrogen) atoms. The molecule has 0 radical (unpaired) electrons. The van der Waals surface area contributed by atoms with Crippen molar-refractivity contribution in [3.05, 3.63) is 0 Å². The van der Waals surface area contributed by atoms with Crippen molar-refractivity contribution < 1.29 is 14.7 Å². The van der Waals surface area contributed by atoms with Crippen LogP contribution in [0.2, 0.25) is 0 Å². The molecule has 1 fully saturated rings. The summed E-state index contributed by atoms with van der Waals surface area (Å²) in [5.41, 5.74) is 0. The molecule has 6 heteroatoms. The lowest BCUT2D eigenvalue weighted by atomic mass is 10.0. The smallest absolute Gasteiger partial charge is 0.326 e. The van der Waals surface area contributed by atoms with Crippen LogP contribution < -0.4 is 10.6 Å². The zero-order chi connectivity index (χ0) is 12.8. The Hall–Kier alpha value is -0.750. The predicted octanol–water partition coefficient (Wildman–Crippen LogP) is 0.307. The second-order valence-electron chi connectivity index (χ2n) is 4.32. The fraction of sp³-hybridized carbons (Fsp3) is 0.818. The molecule has 0 saturated carbocycles. The third-order valence-electron chi connectivity index (χ3n) is 3.09. The van der Waals surface area contributed by atoms with E-state index >= 15 is 0 Å². The Morgan fingerprint density at radius 3 is 2.76 bits per heavy atom. The van der Waals surface area contributed by atoms with Crippen LogP contribution in [0.25, 0.3) is 0 Å². The highest BCUT2D eigenvalue weighted by Crippen LogP contribution is 2.15. The summed E-state index contributed by atoms with van der Waals surface area (Å²) < 4.78 is 0. The zero-order valence-corrected chi connectivity index (χ0v) is 11.0. The Morgan fingerprint density at radius 1 is 1.59 bits per heavy atom. The molecule has 3 atom stereocenters. The normalized spacial score (nSPS) is 25.5. The van der Waals surface area contributed by atoms with Crippen molar-refractivity contribution in [2.45, 2.75) is 31.8 Å². The summed E-state index contributed by atoms with van der Waals surface area (Å²) in [5, 5.41) is 14.8. The Bertz CT molecular complexity index is 286. The maximum absolute atomic E-state index is 11.9. The number of hydrogen-bond donors (Lipinski definition) is 3. The van der Waals surface area contributed by atoms with Gasteiger partial charge in [-0.05, 0) is 38.3 Å². The lowest BCUT2D eigenvalue weighted by molar-refractivity contribution is -0.142. The highest BCUT2D eigenvalue weighted by molar-refractivity contribution is 7.98. The number of thioether (sulfide) groups is 1. The van der Waals surface area contributed by atoms with Gasteiger partial charge in [-0.15, -0.1) is 0 Å². The van der Waals surface area contributed by atoms with Crippen LogP contribution in [0.15, 0.2) is 0 Å². The predicted molar refractivity (Wildman–Crippen MR) is 68.1 cm³/mol. The van der Waals surface area contributed by atoms with Gasteiger partial charge in [0.2, 0.25) is 5.91 Å². The first-order valence-corrected chi connectivity index (χ1v) is 7.21. The van der Waals surface area contributed by atoms with Gasteiger partial charge in [-0.2, -0.15) is 11.8 Å². The second-order valence-corrected chi connectivity index (χ2v) is 5.30. The van der Waals surface area contributed by atoms with Gasteiger partial charge in [0.1, 0.15) is 6.04 Å². The number of nitrogens with one attached hydrogen (secondary N) is 2. The zero-order valence-electron chi connectivity index (χ0n) is 10.2. The average Bonchev–Trinajstić information content (AvgIpc) is 2.70. The van der Waals surface area contributed by atoms with Gasteiger partial charge in [0.05, 0.1) is 5.92 Å². The topological polar surface area (TPSA) is 78.4 Å². The molecule has 98 valence electrons. The summed E-state index contributed by atoms with van der Waals surface area (Å²) in [5.74, 6) is -0.469. The molecule has 1 rings (SSSR count). The molecule has 5 nitrogen and oxygen atoms in total. The molecule has 3 N–H and O–H groups in total. The van der Waals surface area contributed by atoms with E-state index in [0.717, 1.165) is 18.7 Å². The second kappa shape index (κ2) is 6.86. The Morgan fingerprint density at radius 2 is 2.29 bits per heavy atom. The van der Waals surface area contributed by atoms with Crippen LogP contribution in [0.5, 0.6) is 0 Å². The van der Waals surface area contributed by atoms with Crippen molar-refractivity contribution in [3.8, 4) is 0 Å². The van der Waals surface area contributed by atoms with Gasteiger partial charge in [0, 0.05) is 6.04 Å². The van der Waals surface area contributed by atoms with Crippen LogP contribution in [0.3, 0.4) is 0 Å². The van der Waals surface area contributed by atoms with Crippen molar-refractivity contribution in [3.63, 3.8) is 0 Å². The first-order valence-electron chi connectivity index (χ1n) is 5.81. The summed E-state index contributed by atoms with van der Waals surface area (Å²) in [4.78, 5) is 22.9. The van der Waals surface area contributed by atoms with Crippen LogP contribution in [0.1, 0.15) is 19.8 Å². The van der Waals surface area contributed by atoms with E-state index in [9.17, 15) is 9.59 Å². The Balaban J connectivity index is 2.48. The van der Waals surface area contributed by atoms with E-state index < -0.39 is 12.0 Å². The molecule has 0 aliphatic carbocycles. The molecule has 0 spiro atoms. The molecular formula is C11H20N2O3S. The third kappa shape index (κ3) is 4.20. The van der Waals surface area contributed by atoms with Crippen molar-refractivity contribution in [1.82, 2.24) is 10.6 Å². The van der Waals surface area contributed by atoms with Crippen molar-refractivity contribution in [1.29, 1.82) is 0 Å².